The Kier molecular flexibility index (Phi) is 5.28. The van der Waals surface area contributed by atoms with Gasteiger partial charge in [0.1, 0.15) is 18.0 Å². The Hall–Kier alpha value is -2.35. The van der Waals surface area contributed by atoms with Gasteiger partial charge in [0.05, 0.1) is 10.7 Å². The first-order valence-corrected chi connectivity index (χ1v) is 8.97. The normalized spacial score (nSPS) is 15.3. The molecule has 0 spiro atoms. The van der Waals surface area contributed by atoms with Crippen LogP contribution in [0.2, 0.25) is 5.02 Å². The molecule has 2 heterocycles. The molecule has 1 aliphatic rings. The number of hydrogen-bond acceptors (Lipinski definition) is 4. The Bertz CT molecular complexity index is 842. The molecule has 1 saturated heterocycles. The molecule has 1 aromatic carbocycles. The molecule has 6 nitrogen and oxygen atoms in total. The van der Waals surface area contributed by atoms with Gasteiger partial charge in [-0.1, -0.05) is 17.7 Å². The number of carbonyl (C=O) groups is 1. The zero-order chi connectivity index (χ0) is 19.8. The number of halogens is 3. The van der Waals surface area contributed by atoms with Crippen LogP contribution in [0.4, 0.5) is 14.5 Å². The monoisotopic (exact) mass is 398 g/mol. The smallest absolute Gasteiger partial charge is 0.290 e. The number of alkyl halides is 2. The Balaban J connectivity index is 1.64. The minimum absolute atomic E-state index is 0.107. The van der Waals surface area contributed by atoms with Crippen LogP contribution in [0.25, 0.3) is 0 Å². The van der Waals surface area contributed by atoms with Crippen LogP contribution >= 0.6 is 11.6 Å². The maximum atomic E-state index is 13.6. The highest BCUT2D eigenvalue weighted by Crippen LogP contribution is 2.33. The van der Waals surface area contributed by atoms with E-state index in [1.807, 2.05) is 6.07 Å². The molecule has 0 bridgehead atoms. The molecule has 2 aromatic rings. The molecule has 146 valence electrons. The number of phenols is 1. The molecular weight excluding hydrogens is 378 g/mol. The van der Waals surface area contributed by atoms with Gasteiger partial charge in [0.25, 0.3) is 5.92 Å². The average molecular weight is 399 g/mol. The summed E-state index contributed by atoms with van der Waals surface area (Å²) in [7, 11) is 0. The number of piperazine rings is 1. The molecule has 1 aliphatic heterocycles. The second-order valence-corrected chi connectivity index (χ2v) is 7.06. The average Bonchev–Trinajstić information content (AvgIpc) is 2.90. The van der Waals surface area contributed by atoms with Crippen LogP contribution in [0.3, 0.4) is 0 Å². The fourth-order valence-electron chi connectivity index (χ4n) is 3.09. The van der Waals surface area contributed by atoms with Gasteiger partial charge in [-0.25, -0.2) is 0 Å². The van der Waals surface area contributed by atoms with Crippen LogP contribution in [0.15, 0.2) is 24.3 Å². The van der Waals surface area contributed by atoms with E-state index in [0.29, 0.717) is 31.9 Å². The van der Waals surface area contributed by atoms with E-state index in [9.17, 15) is 18.7 Å². The van der Waals surface area contributed by atoms with Crippen molar-refractivity contribution in [3.05, 3.63) is 40.7 Å². The van der Waals surface area contributed by atoms with Crippen molar-refractivity contribution in [2.75, 3.05) is 31.1 Å². The highest BCUT2D eigenvalue weighted by atomic mass is 35.5. The number of rotatable bonds is 4. The fraction of sp³-hybridized carbons (Fsp3) is 0.444. The van der Waals surface area contributed by atoms with E-state index in [1.165, 1.54) is 4.68 Å². The number of phenolic OH excluding ortho intramolecular Hbond substituents is 1. The molecular formula is C18H21ClF2N4O2. The molecule has 1 N–H and O–H groups in total. The SMILES string of the molecule is Cc1c(Cl)c(C(C)(F)F)nn1CC(=O)N1CCN(c2cccc(O)c2)CC1. The van der Waals surface area contributed by atoms with Crippen LogP contribution in [0, 0.1) is 6.92 Å². The van der Waals surface area contributed by atoms with Crippen molar-refractivity contribution in [2.24, 2.45) is 0 Å². The molecule has 0 aliphatic carbocycles. The van der Waals surface area contributed by atoms with Gasteiger partial charge < -0.3 is 14.9 Å². The first kappa shape index (κ1) is 19.4. The van der Waals surface area contributed by atoms with Gasteiger partial charge in [-0.05, 0) is 19.1 Å². The number of aromatic hydroxyl groups is 1. The number of nitrogens with zero attached hydrogens (tertiary/aromatic N) is 4. The summed E-state index contributed by atoms with van der Waals surface area (Å²) in [6.07, 6.45) is 0. The number of hydrogen-bond donors (Lipinski definition) is 1. The van der Waals surface area contributed by atoms with Crippen molar-refractivity contribution in [2.45, 2.75) is 26.3 Å². The van der Waals surface area contributed by atoms with Gasteiger partial charge in [0.2, 0.25) is 5.91 Å². The molecule has 0 radical (unpaired) electrons. The molecule has 27 heavy (non-hydrogen) atoms. The summed E-state index contributed by atoms with van der Waals surface area (Å²) in [5, 5.41) is 13.3. The summed E-state index contributed by atoms with van der Waals surface area (Å²) < 4.78 is 28.3. The molecule has 1 fully saturated rings. The van der Waals surface area contributed by atoms with Gasteiger partial charge >= 0.3 is 0 Å². The standard InChI is InChI=1S/C18H21ClF2N4O2/c1-12-16(19)17(18(2,20)21)22-25(12)11-15(27)24-8-6-23(7-9-24)13-4-3-5-14(26)10-13/h3-5,10,26H,6-9,11H2,1-2H3. The van der Waals surface area contributed by atoms with Crippen LogP contribution in [0.1, 0.15) is 18.3 Å². The Morgan fingerprint density at radius 3 is 2.52 bits per heavy atom. The lowest BCUT2D eigenvalue weighted by Gasteiger charge is -2.36. The van der Waals surface area contributed by atoms with Gasteiger partial charge in [-0.15, -0.1) is 0 Å². The van der Waals surface area contributed by atoms with Crippen LogP contribution in [-0.2, 0) is 17.3 Å². The highest BCUT2D eigenvalue weighted by Gasteiger charge is 2.33. The summed E-state index contributed by atoms with van der Waals surface area (Å²) >= 11 is 5.95. The summed E-state index contributed by atoms with van der Waals surface area (Å²) in [4.78, 5) is 16.3. The predicted molar refractivity (Wildman–Crippen MR) is 98.4 cm³/mol. The van der Waals surface area contributed by atoms with E-state index in [1.54, 1.807) is 30.0 Å². The zero-order valence-electron chi connectivity index (χ0n) is 15.1. The van der Waals surface area contributed by atoms with Gasteiger partial charge in [-0.3, -0.25) is 9.48 Å². The molecule has 0 saturated carbocycles. The van der Waals surface area contributed by atoms with E-state index in [2.05, 4.69) is 10.00 Å². The van der Waals surface area contributed by atoms with Crippen molar-refractivity contribution in [1.82, 2.24) is 14.7 Å². The molecule has 0 unspecified atom stereocenters. The van der Waals surface area contributed by atoms with Crippen molar-refractivity contribution >= 4 is 23.2 Å². The van der Waals surface area contributed by atoms with Crippen molar-refractivity contribution in [3.8, 4) is 5.75 Å². The lowest BCUT2D eigenvalue weighted by atomic mass is 10.2. The molecule has 3 rings (SSSR count). The fourth-order valence-corrected chi connectivity index (χ4v) is 3.39. The minimum Gasteiger partial charge on any atom is -0.508 e. The number of aromatic nitrogens is 2. The molecule has 1 aromatic heterocycles. The van der Waals surface area contributed by atoms with Gasteiger partial charge in [0, 0.05) is 44.9 Å². The third-order valence-electron chi connectivity index (χ3n) is 4.66. The van der Waals surface area contributed by atoms with E-state index in [4.69, 9.17) is 11.6 Å². The Morgan fingerprint density at radius 2 is 1.96 bits per heavy atom. The summed E-state index contributed by atoms with van der Waals surface area (Å²) in [6, 6.07) is 6.96. The van der Waals surface area contributed by atoms with E-state index >= 15 is 0 Å². The maximum Gasteiger partial charge on any atom is 0.290 e. The van der Waals surface area contributed by atoms with Crippen molar-refractivity contribution < 1.29 is 18.7 Å². The van der Waals surface area contributed by atoms with Gasteiger partial charge in [-0.2, -0.15) is 13.9 Å². The van der Waals surface area contributed by atoms with Crippen molar-refractivity contribution in [1.29, 1.82) is 0 Å². The number of benzene rings is 1. The highest BCUT2D eigenvalue weighted by molar-refractivity contribution is 6.32. The lowest BCUT2D eigenvalue weighted by Crippen LogP contribution is -2.49. The predicted octanol–water partition coefficient (Wildman–Crippen LogP) is 3.01. The minimum atomic E-state index is -3.16. The molecule has 1 amide bonds. The third kappa shape index (κ3) is 4.16. The van der Waals surface area contributed by atoms with Crippen LogP contribution in [0.5, 0.6) is 5.75 Å². The van der Waals surface area contributed by atoms with E-state index in [0.717, 1.165) is 12.6 Å². The first-order valence-electron chi connectivity index (χ1n) is 8.60. The zero-order valence-corrected chi connectivity index (χ0v) is 15.9. The Labute approximate surface area is 160 Å². The number of anilines is 1. The van der Waals surface area contributed by atoms with Crippen molar-refractivity contribution in [3.63, 3.8) is 0 Å². The van der Waals surface area contributed by atoms with Crippen LogP contribution in [-0.4, -0.2) is 51.9 Å². The number of carbonyl (C=O) groups excluding carboxylic acids is 1. The quantitative estimate of drug-likeness (QED) is 0.860. The van der Waals surface area contributed by atoms with E-state index < -0.39 is 11.6 Å². The second-order valence-electron chi connectivity index (χ2n) is 6.68. The summed E-state index contributed by atoms with van der Waals surface area (Å²) in [5.41, 5.74) is 0.731. The number of amides is 1. The third-order valence-corrected chi connectivity index (χ3v) is 5.11. The Morgan fingerprint density at radius 1 is 1.30 bits per heavy atom. The first-order chi connectivity index (χ1) is 12.7. The van der Waals surface area contributed by atoms with E-state index in [-0.39, 0.29) is 23.2 Å². The van der Waals surface area contributed by atoms with Gasteiger partial charge in [0.15, 0.2) is 0 Å². The summed E-state index contributed by atoms with van der Waals surface area (Å²) in [6.45, 7) is 4.40. The topological polar surface area (TPSA) is 61.6 Å². The second kappa shape index (κ2) is 7.34. The molecule has 0 atom stereocenters. The molecule has 9 heteroatoms. The largest absolute Gasteiger partial charge is 0.508 e. The maximum absolute atomic E-state index is 13.6. The van der Waals surface area contributed by atoms with Crippen LogP contribution < -0.4 is 4.90 Å². The summed E-state index contributed by atoms with van der Waals surface area (Å²) in [5.74, 6) is -3.16. The lowest BCUT2D eigenvalue weighted by molar-refractivity contribution is -0.132.